The fourth-order valence-electron chi connectivity index (χ4n) is 9.34. The van der Waals surface area contributed by atoms with E-state index in [2.05, 4.69) is 246 Å². The second kappa shape index (κ2) is 15.3. The Morgan fingerprint density at radius 2 is 0.746 bits per heavy atom. The molecule has 12 rings (SSSR count). The highest BCUT2D eigenvalue weighted by Crippen LogP contribution is 2.41. The molecule has 0 unspecified atom stereocenters. The van der Waals surface area contributed by atoms with E-state index >= 15 is 0 Å². The second-order valence-corrected chi connectivity index (χ2v) is 16.1. The van der Waals surface area contributed by atoms with Gasteiger partial charge in [-0.3, -0.25) is 0 Å². The summed E-state index contributed by atoms with van der Waals surface area (Å²) in [6.45, 7) is 0. The largest absolute Gasteiger partial charge is 0.455 e. The van der Waals surface area contributed by atoms with Gasteiger partial charge < -0.3 is 13.9 Å². The molecule has 0 amide bonds. The van der Waals surface area contributed by atoms with E-state index in [1.807, 2.05) is 6.07 Å². The Hall–Kier alpha value is -8.40. The Labute approximate surface area is 366 Å². The van der Waals surface area contributed by atoms with Crippen LogP contribution < -0.4 is 4.90 Å². The normalized spacial score (nSPS) is 11.5. The third-order valence-electron chi connectivity index (χ3n) is 12.4. The molecular weight excluding hydrogens is 765 g/mol. The lowest BCUT2D eigenvalue weighted by Crippen LogP contribution is -2.10. The lowest BCUT2D eigenvalue weighted by Gasteiger charge is -2.26. The minimum absolute atomic E-state index is 0.888. The molecule has 3 heteroatoms. The number of benzene rings is 10. The number of nitrogens with zero attached hydrogens (tertiary/aromatic N) is 2. The summed E-state index contributed by atoms with van der Waals surface area (Å²) >= 11 is 0. The molecule has 3 nitrogen and oxygen atoms in total. The fraction of sp³-hybridized carbons (Fsp3) is 0. The average molecular weight is 805 g/mol. The van der Waals surface area contributed by atoms with Crippen LogP contribution in [0.25, 0.3) is 93.9 Å². The molecule has 2 heterocycles. The Morgan fingerprint density at radius 1 is 0.302 bits per heavy atom. The van der Waals surface area contributed by atoms with E-state index in [0.717, 1.165) is 66.9 Å². The standard InChI is InChI=1S/C60H40N2O/c1-3-13-41(14-4-1)45-17-11-18-46(39-45)42-25-30-48(31-26-42)61(50-34-36-51(37-35-50)62-57-23-9-7-19-53(57)54-20-8-10-24-58(54)62)49-32-27-43(28-33-49)47-29-38-59-56(40-47)55-22-12-21-52(60(55)63-59)44-15-5-2-6-16-44/h1-40H. The highest BCUT2D eigenvalue weighted by Gasteiger charge is 2.17. The number of aromatic nitrogens is 1. The Kier molecular flexibility index (Phi) is 8.83. The number of hydrogen-bond acceptors (Lipinski definition) is 2. The molecule has 0 N–H and O–H groups in total. The second-order valence-electron chi connectivity index (χ2n) is 16.1. The first-order valence-electron chi connectivity index (χ1n) is 21.5. The SMILES string of the molecule is c1ccc(-c2cccc(-c3ccc(N(c4ccc(-c5ccc6oc7c(-c8ccccc8)cccc7c6c5)cc4)c4ccc(-n5c6ccccc6c6ccccc65)cc4)cc3)c2)cc1. The van der Waals surface area contributed by atoms with Gasteiger partial charge in [-0.15, -0.1) is 0 Å². The summed E-state index contributed by atoms with van der Waals surface area (Å²) in [5.74, 6) is 0. The van der Waals surface area contributed by atoms with Gasteiger partial charge >= 0.3 is 0 Å². The zero-order valence-electron chi connectivity index (χ0n) is 34.4. The molecule has 0 bridgehead atoms. The van der Waals surface area contributed by atoms with Crippen LogP contribution in [0.1, 0.15) is 0 Å². The molecule has 12 aromatic rings. The summed E-state index contributed by atoms with van der Waals surface area (Å²) in [6, 6.07) is 87.0. The third-order valence-corrected chi connectivity index (χ3v) is 12.4. The van der Waals surface area contributed by atoms with Crippen LogP contribution >= 0.6 is 0 Å². The molecule has 0 saturated carbocycles. The Bertz CT molecular complexity index is 3530. The van der Waals surface area contributed by atoms with Crippen molar-refractivity contribution in [2.75, 3.05) is 4.90 Å². The highest BCUT2D eigenvalue weighted by atomic mass is 16.3. The number of para-hydroxylation sites is 3. The van der Waals surface area contributed by atoms with E-state index < -0.39 is 0 Å². The van der Waals surface area contributed by atoms with Crippen molar-refractivity contribution in [1.29, 1.82) is 0 Å². The smallest absolute Gasteiger partial charge is 0.143 e. The number of anilines is 3. The van der Waals surface area contributed by atoms with Crippen molar-refractivity contribution in [3.63, 3.8) is 0 Å². The lowest BCUT2D eigenvalue weighted by atomic mass is 9.98. The van der Waals surface area contributed by atoms with Crippen LogP contribution in [-0.4, -0.2) is 4.57 Å². The number of hydrogen-bond donors (Lipinski definition) is 0. The quantitative estimate of drug-likeness (QED) is 0.153. The summed E-state index contributed by atoms with van der Waals surface area (Å²) in [5.41, 5.74) is 17.9. The third kappa shape index (κ3) is 6.46. The van der Waals surface area contributed by atoms with Gasteiger partial charge in [-0.2, -0.15) is 0 Å². The molecule has 296 valence electrons. The predicted molar refractivity (Wildman–Crippen MR) is 264 cm³/mol. The fourth-order valence-corrected chi connectivity index (χ4v) is 9.34. The monoisotopic (exact) mass is 804 g/mol. The van der Waals surface area contributed by atoms with Gasteiger partial charge in [0, 0.05) is 49.9 Å². The first-order valence-corrected chi connectivity index (χ1v) is 21.5. The lowest BCUT2D eigenvalue weighted by molar-refractivity contribution is 0.670. The molecule has 0 atom stereocenters. The van der Waals surface area contributed by atoms with Crippen molar-refractivity contribution in [2.45, 2.75) is 0 Å². The summed E-state index contributed by atoms with van der Waals surface area (Å²) < 4.78 is 8.88. The van der Waals surface area contributed by atoms with Crippen LogP contribution in [-0.2, 0) is 0 Å². The maximum Gasteiger partial charge on any atom is 0.143 e. The van der Waals surface area contributed by atoms with Gasteiger partial charge in [-0.25, -0.2) is 0 Å². The van der Waals surface area contributed by atoms with Crippen LogP contribution in [0.4, 0.5) is 17.1 Å². The molecule has 63 heavy (non-hydrogen) atoms. The molecule has 2 aromatic heterocycles. The minimum Gasteiger partial charge on any atom is -0.455 e. The van der Waals surface area contributed by atoms with E-state index in [4.69, 9.17) is 4.42 Å². The van der Waals surface area contributed by atoms with Crippen molar-refractivity contribution in [1.82, 2.24) is 4.57 Å². The summed E-state index contributed by atoms with van der Waals surface area (Å²) in [5, 5.41) is 4.75. The topological polar surface area (TPSA) is 21.3 Å². The molecule has 0 aliphatic rings. The van der Waals surface area contributed by atoms with Gasteiger partial charge in [0.2, 0.25) is 0 Å². The minimum atomic E-state index is 0.888. The molecule has 0 aliphatic heterocycles. The van der Waals surface area contributed by atoms with Gasteiger partial charge in [-0.05, 0) is 118 Å². The van der Waals surface area contributed by atoms with Gasteiger partial charge in [-0.1, -0.05) is 164 Å². The van der Waals surface area contributed by atoms with E-state index in [-0.39, 0.29) is 0 Å². The highest BCUT2D eigenvalue weighted by molar-refractivity contribution is 6.11. The molecule has 0 aliphatic carbocycles. The molecule has 0 saturated heterocycles. The summed E-state index contributed by atoms with van der Waals surface area (Å²) in [7, 11) is 0. The van der Waals surface area contributed by atoms with E-state index in [0.29, 0.717) is 0 Å². The average Bonchev–Trinajstić information content (AvgIpc) is 3.91. The van der Waals surface area contributed by atoms with Crippen molar-refractivity contribution in [3.8, 4) is 50.2 Å². The van der Waals surface area contributed by atoms with E-state index in [1.165, 1.54) is 44.1 Å². The summed E-state index contributed by atoms with van der Waals surface area (Å²) in [4.78, 5) is 2.35. The Morgan fingerprint density at radius 3 is 1.35 bits per heavy atom. The molecule has 10 aromatic carbocycles. The van der Waals surface area contributed by atoms with Crippen LogP contribution in [0.5, 0.6) is 0 Å². The number of furan rings is 1. The first kappa shape index (κ1) is 36.5. The zero-order valence-corrected chi connectivity index (χ0v) is 34.4. The van der Waals surface area contributed by atoms with Crippen molar-refractivity contribution < 1.29 is 4.42 Å². The van der Waals surface area contributed by atoms with Crippen molar-refractivity contribution >= 4 is 60.8 Å². The zero-order chi connectivity index (χ0) is 41.7. The van der Waals surface area contributed by atoms with Gasteiger partial charge in [0.25, 0.3) is 0 Å². The van der Waals surface area contributed by atoms with E-state index in [9.17, 15) is 0 Å². The van der Waals surface area contributed by atoms with Gasteiger partial charge in [0.1, 0.15) is 11.2 Å². The van der Waals surface area contributed by atoms with E-state index in [1.54, 1.807) is 0 Å². The molecule has 0 radical (unpaired) electrons. The Balaban J connectivity index is 0.925. The maximum atomic E-state index is 6.51. The van der Waals surface area contributed by atoms with Crippen molar-refractivity contribution in [2.24, 2.45) is 0 Å². The molecular formula is C60H40N2O. The van der Waals surface area contributed by atoms with Crippen LogP contribution in [0.15, 0.2) is 247 Å². The number of fused-ring (bicyclic) bond motifs is 6. The van der Waals surface area contributed by atoms with Gasteiger partial charge in [0.15, 0.2) is 0 Å². The molecule has 0 fully saturated rings. The maximum absolute atomic E-state index is 6.51. The van der Waals surface area contributed by atoms with Crippen molar-refractivity contribution in [3.05, 3.63) is 243 Å². The molecule has 0 spiro atoms. The predicted octanol–water partition coefficient (Wildman–Crippen LogP) is 16.8. The van der Waals surface area contributed by atoms with Crippen LogP contribution in [0.2, 0.25) is 0 Å². The first-order chi connectivity index (χ1) is 31.2. The number of rotatable bonds is 8. The van der Waals surface area contributed by atoms with Crippen LogP contribution in [0.3, 0.4) is 0 Å². The van der Waals surface area contributed by atoms with Gasteiger partial charge in [0.05, 0.1) is 11.0 Å². The van der Waals surface area contributed by atoms with Crippen LogP contribution in [0, 0.1) is 0 Å². The summed E-state index contributed by atoms with van der Waals surface area (Å²) in [6.07, 6.45) is 0.